The Kier molecular flexibility index (Phi) is 5.92. The van der Waals surface area contributed by atoms with Gasteiger partial charge in [-0.15, -0.1) is 0 Å². The molecule has 1 aliphatic rings. The van der Waals surface area contributed by atoms with Crippen LogP contribution in [-0.4, -0.2) is 29.9 Å². The molecule has 2 heterocycles. The zero-order chi connectivity index (χ0) is 21.1. The molecule has 0 saturated heterocycles. The summed E-state index contributed by atoms with van der Waals surface area (Å²) in [5.41, 5.74) is 1.84. The van der Waals surface area contributed by atoms with Crippen LogP contribution in [0.15, 0.2) is 53.1 Å². The Morgan fingerprint density at radius 3 is 2.80 bits per heavy atom. The van der Waals surface area contributed by atoms with Crippen molar-refractivity contribution in [3.8, 4) is 0 Å². The van der Waals surface area contributed by atoms with Gasteiger partial charge in [-0.05, 0) is 30.2 Å². The number of nitrogens with one attached hydrogen (secondary N) is 2. The van der Waals surface area contributed by atoms with Crippen molar-refractivity contribution in [2.45, 2.75) is 18.9 Å². The molecule has 30 heavy (non-hydrogen) atoms. The van der Waals surface area contributed by atoms with Gasteiger partial charge in [0.15, 0.2) is 11.5 Å². The van der Waals surface area contributed by atoms with Crippen LogP contribution in [0, 0.1) is 5.82 Å². The number of carbonyl (C=O) groups is 2. The quantitative estimate of drug-likeness (QED) is 0.588. The molecule has 0 fully saturated rings. The molecule has 2 N–H and O–H groups in total. The molecular formula is C22H19ClFN3O3. The van der Waals surface area contributed by atoms with Crippen LogP contribution in [0.2, 0.25) is 5.02 Å². The summed E-state index contributed by atoms with van der Waals surface area (Å²) in [6, 6.07) is 12.7. The second-order valence-corrected chi connectivity index (χ2v) is 7.40. The molecule has 2 aromatic carbocycles. The summed E-state index contributed by atoms with van der Waals surface area (Å²) in [6.45, 7) is 0.909. The predicted octanol–water partition coefficient (Wildman–Crippen LogP) is 3.51. The van der Waals surface area contributed by atoms with Crippen LogP contribution >= 0.6 is 11.6 Å². The molecular weight excluding hydrogens is 409 g/mol. The molecule has 0 radical (unpaired) electrons. The van der Waals surface area contributed by atoms with Crippen molar-refractivity contribution in [3.63, 3.8) is 0 Å². The number of hydrogen-bond donors (Lipinski definition) is 2. The smallest absolute Gasteiger partial charge is 0.273 e. The van der Waals surface area contributed by atoms with Gasteiger partial charge >= 0.3 is 0 Å². The maximum absolute atomic E-state index is 13.5. The first-order chi connectivity index (χ1) is 14.5. The third-order valence-electron chi connectivity index (χ3n) is 5.02. The summed E-state index contributed by atoms with van der Waals surface area (Å²) < 4.78 is 18.8. The van der Waals surface area contributed by atoms with E-state index in [0.29, 0.717) is 37.3 Å². The summed E-state index contributed by atoms with van der Waals surface area (Å²) in [6.07, 6.45) is 1.18. The molecule has 154 valence electrons. The molecule has 6 nitrogen and oxygen atoms in total. The first-order valence-electron chi connectivity index (χ1n) is 9.58. The molecule has 0 bridgehead atoms. The molecule has 1 amide bonds. The summed E-state index contributed by atoms with van der Waals surface area (Å²) >= 11 is 5.82. The second kappa shape index (κ2) is 8.77. The second-order valence-electron chi connectivity index (χ2n) is 6.99. The number of halogens is 2. The minimum absolute atomic E-state index is 0.0804. The Hall–Kier alpha value is -3.03. The third-order valence-corrected chi connectivity index (χ3v) is 5.30. The Morgan fingerprint density at radius 1 is 1.23 bits per heavy atom. The van der Waals surface area contributed by atoms with E-state index in [1.165, 1.54) is 12.1 Å². The number of carbonyl (C=O) groups excluding carboxylic acids is 2. The van der Waals surface area contributed by atoms with Crippen molar-refractivity contribution < 1.29 is 18.5 Å². The van der Waals surface area contributed by atoms with Crippen LogP contribution in [0.25, 0.3) is 0 Å². The number of benzene rings is 2. The summed E-state index contributed by atoms with van der Waals surface area (Å²) in [5.74, 6) is -0.851. The first-order valence-corrected chi connectivity index (χ1v) is 9.95. The van der Waals surface area contributed by atoms with E-state index >= 15 is 0 Å². The maximum Gasteiger partial charge on any atom is 0.273 e. The lowest BCUT2D eigenvalue weighted by Crippen LogP contribution is -2.37. The Balaban J connectivity index is 1.53. The normalized spacial score (nSPS) is 15.5. The number of Topliss-reactive ketones (excluding diaryl/α,β-unsaturated/α-hetero) is 1. The average Bonchev–Trinajstić information content (AvgIpc) is 3.20. The van der Waals surface area contributed by atoms with Crippen LogP contribution in [0.5, 0.6) is 0 Å². The van der Waals surface area contributed by atoms with Crippen LogP contribution < -0.4 is 10.6 Å². The van der Waals surface area contributed by atoms with Crippen LogP contribution in [-0.2, 0) is 12.8 Å². The highest BCUT2D eigenvalue weighted by atomic mass is 35.5. The Labute approximate surface area is 177 Å². The lowest BCUT2D eigenvalue weighted by molar-refractivity contribution is 0.0933. The van der Waals surface area contributed by atoms with Crippen LogP contribution in [0.3, 0.4) is 0 Å². The van der Waals surface area contributed by atoms with Crippen molar-refractivity contribution >= 4 is 23.3 Å². The van der Waals surface area contributed by atoms with Gasteiger partial charge in [-0.2, -0.15) is 0 Å². The predicted molar refractivity (Wildman–Crippen MR) is 109 cm³/mol. The molecule has 4 rings (SSSR count). The number of amides is 1. The number of aromatic nitrogens is 1. The highest BCUT2D eigenvalue weighted by Gasteiger charge is 2.35. The van der Waals surface area contributed by atoms with E-state index in [4.69, 9.17) is 16.1 Å². The van der Waals surface area contributed by atoms with Gasteiger partial charge in [-0.1, -0.05) is 47.1 Å². The van der Waals surface area contributed by atoms with E-state index in [-0.39, 0.29) is 22.1 Å². The fraction of sp³-hybridized carbons (Fsp3) is 0.227. The standard InChI is InChI=1S/C22H19ClFN3O3/c23-15-12-14(6-7-16(15)24)21(28)19-18-17(9-11-25-19)30-27-20(18)22(29)26-10-8-13-4-2-1-3-5-13/h1-7,12,19,25H,8-11H2,(H,26,29). The molecule has 1 unspecified atom stereocenters. The molecule has 0 saturated carbocycles. The van der Waals surface area contributed by atoms with Crippen molar-refractivity contribution in [3.05, 3.63) is 87.5 Å². The van der Waals surface area contributed by atoms with Gasteiger partial charge in [0.2, 0.25) is 0 Å². The highest BCUT2D eigenvalue weighted by molar-refractivity contribution is 6.31. The van der Waals surface area contributed by atoms with Crippen molar-refractivity contribution in [1.29, 1.82) is 0 Å². The summed E-state index contributed by atoms with van der Waals surface area (Å²) in [7, 11) is 0. The zero-order valence-corrected chi connectivity index (χ0v) is 16.7. The van der Waals surface area contributed by atoms with Crippen LogP contribution in [0.4, 0.5) is 4.39 Å². The lowest BCUT2D eigenvalue weighted by Gasteiger charge is -2.22. The molecule has 0 spiro atoms. The van der Waals surface area contributed by atoms with Gasteiger partial charge in [-0.25, -0.2) is 4.39 Å². The minimum atomic E-state index is -0.823. The van der Waals surface area contributed by atoms with Gasteiger partial charge < -0.3 is 15.2 Å². The summed E-state index contributed by atoms with van der Waals surface area (Å²) in [5, 5.41) is 9.71. The van der Waals surface area contributed by atoms with E-state index < -0.39 is 17.8 Å². The molecule has 1 aromatic heterocycles. The van der Waals surface area contributed by atoms with E-state index in [1.54, 1.807) is 0 Å². The zero-order valence-electron chi connectivity index (χ0n) is 16.0. The van der Waals surface area contributed by atoms with Gasteiger partial charge in [0.1, 0.15) is 17.6 Å². The minimum Gasteiger partial charge on any atom is -0.360 e. The summed E-state index contributed by atoms with van der Waals surface area (Å²) in [4.78, 5) is 25.8. The van der Waals surface area contributed by atoms with Gasteiger partial charge in [0.05, 0.1) is 10.6 Å². The van der Waals surface area contributed by atoms with Crippen LogP contribution in [0.1, 0.15) is 43.8 Å². The van der Waals surface area contributed by atoms with Gasteiger partial charge in [0, 0.05) is 25.1 Å². The largest absolute Gasteiger partial charge is 0.360 e. The lowest BCUT2D eigenvalue weighted by atomic mass is 9.92. The number of nitrogens with zero attached hydrogens (tertiary/aromatic N) is 1. The van der Waals surface area contributed by atoms with E-state index in [0.717, 1.165) is 11.6 Å². The van der Waals surface area contributed by atoms with Crippen molar-refractivity contribution in [2.75, 3.05) is 13.1 Å². The fourth-order valence-corrected chi connectivity index (χ4v) is 3.67. The van der Waals surface area contributed by atoms with Crippen molar-refractivity contribution in [2.24, 2.45) is 0 Å². The van der Waals surface area contributed by atoms with Gasteiger partial charge in [0.25, 0.3) is 5.91 Å². The highest BCUT2D eigenvalue weighted by Crippen LogP contribution is 2.30. The van der Waals surface area contributed by atoms with E-state index in [9.17, 15) is 14.0 Å². The van der Waals surface area contributed by atoms with E-state index in [1.807, 2.05) is 30.3 Å². The molecule has 1 aliphatic heterocycles. The monoisotopic (exact) mass is 427 g/mol. The van der Waals surface area contributed by atoms with Gasteiger partial charge in [-0.3, -0.25) is 9.59 Å². The van der Waals surface area contributed by atoms with Crippen molar-refractivity contribution in [1.82, 2.24) is 15.8 Å². The number of fused-ring (bicyclic) bond motifs is 1. The SMILES string of the molecule is O=C(NCCc1ccccc1)c1noc2c1C(C(=O)c1ccc(F)c(Cl)c1)NCC2. The number of hydrogen-bond acceptors (Lipinski definition) is 5. The maximum atomic E-state index is 13.5. The molecule has 8 heteroatoms. The average molecular weight is 428 g/mol. The number of rotatable bonds is 6. The topological polar surface area (TPSA) is 84.2 Å². The Morgan fingerprint density at radius 2 is 2.03 bits per heavy atom. The molecule has 0 aliphatic carbocycles. The molecule has 1 atom stereocenters. The Bertz CT molecular complexity index is 1080. The third kappa shape index (κ3) is 4.13. The molecule has 3 aromatic rings. The first kappa shape index (κ1) is 20.3. The van der Waals surface area contributed by atoms with E-state index in [2.05, 4.69) is 15.8 Å². The fourth-order valence-electron chi connectivity index (χ4n) is 3.49. The number of ketones is 1.